The van der Waals surface area contributed by atoms with E-state index in [1.165, 1.54) is 6.08 Å². The second-order valence-electron chi connectivity index (χ2n) is 7.85. The molecule has 2 saturated heterocycles. The van der Waals surface area contributed by atoms with Crippen LogP contribution in [0.4, 0.5) is 4.79 Å². The molecule has 2 aliphatic rings. The average molecular weight is 521 g/mol. The van der Waals surface area contributed by atoms with Gasteiger partial charge in [-0.15, -0.1) is 0 Å². The van der Waals surface area contributed by atoms with E-state index in [2.05, 4.69) is 0 Å². The molecule has 10 heteroatoms. The van der Waals surface area contributed by atoms with Gasteiger partial charge in [-0.05, 0) is 48.0 Å². The molecule has 0 spiro atoms. The summed E-state index contributed by atoms with van der Waals surface area (Å²) in [5, 5.41) is 0.0782. The van der Waals surface area contributed by atoms with Crippen LogP contribution in [0.25, 0.3) is 6.08 Å². The summed E-state index contributed by atoms with van der Waals surface area (Å²) >= 11 is 13.6. The van der Waals surface area contributed by atoms with E-state index in [1.807, 2.05) is 31.2 Å². The van der Waals surface area contributed by atoms with Crippen LogP contribution in [0.2, 0.25) is 10.0 Å². The summed E-state index contributed by atoms with van der Waals surface area (Å²) in [6, 6.07) is 11.1. The minimum absolute atomic E-state index is 0.195. The zero-order chi connectivity index (χ0) is 24.2. The minimum atomic E-state index is -0.524. The molecule has 0 saturated carbocycles. The number of amides is 3. The van der Waals surface area contributed by atoms with Crippen LogP contribution in [0.3, 0.4) is 0 Å². The third-order valence-corrected chi connectivity index (χ3v) is 6.78. The summed E-state index contributed by atoms with van der Waals surface area (Å²) in [6.07, 6.45) is 1.53. The molecule has 7 nitrogen and oxygen atoms in total. The molecule has 3 amide bonds. The second kappa shape index (κ2) is 10.8. The van der Waals surface area contributed by atoms with Crippen molar-refractivity contribution >= 4 is 58.1 Å². The highest BCUT2D eigenvalue weighted by atomic mass is 35.5. The maximum Gasteiger partial charge on any atom is 0.294 e. The molecular formula is C24H22Cl2N2O5S. The maximum atomic E-state index is 12.8. The third kappa shape index (κ3) is 5.75. The van der Waals surface area contributed by atoms with E-state index in [-0.39, 0.29) is 27.4 Å². The number of benzene rings is 2. The molecule has 0 atom stereocenters. The lowest BCUT2D eigenvalue weighted by Gasteiger charge is -2.28. The number of hydrogen-bond acceptors (Lipinski definition) is 6. The Morgan fingerprint density at radius 1 is 1.15 bits per heavy atom. The first-order valence-corrected chi connectivity index (χ1v) is 12.2. The van der Waals surface area contributed by atoms with Gasteiger partial charge in [-0.2, -0.15) is 0 Å². The first kappa shape index (κ1) is 24.6. The standard InChI is InChI=1S/C24H22Cl2N2O5S/c1-15-3-2-4-16(9-15)14-33-22-18(25)10-17(11-19(22)26)12-20-23(30)28(24(31)34-20)13-21(29)27-5-7-32-8-6-27/h2-4,9-12H,5-8,13-14H2,1H3/b20-12-. The topological polar surface area (TPSA) is 76.2 Å². The molecule has 2 fully saturated rings. The molecule has 178 valence electrons. The smallest absolute Gasteiger partial charge is 0.294 e. The monoisotopic (exact) mass is 520 g/mol. The van der Waals surface area contributed by atoms with E-state index in [9.17, 15) is 14.4 Å². The SMILES string of the molecule is Cc1cccc(COc2c(Cl)cc(/C=C3\SC(=O)N(CC(=O)N4CCOCC4)C3=O)cc2Cl)c1. The summed E-state index contributed by atoms with van der Waals surface area (Å²) in [5.41, 5.74) is 2.65. The summed E-state index contributed by atoms with van der Waals surface area (Å²) in [4.78, 5) is 40.4. The van der Waals surface area contributed by atoms with Crippen LogP contribution in [0, 0.1) is 6.92 Å². The summed E-state index contributed by atoms with van der Waals surface area (Å²) < 4.78 is 11.1. The number of halogens is 2. The number of nitrogens with zero attached hydrogens (tertiary/aromatic N) is 2. The Morgan fingerprint density at radius 3 is 2.53 bits per heavy atom. The van der Waals surface area contributed by atoms with Crippen LogP contribution in [0.15, 0.2) is 41.3 Å². The average Bonchev–Trinajstić information content (AvgIpc) is 3.06. The molecule has 0 bridgehead atoms. The Bertz CT molecular complexity index is 1140. The van der Waals surface area contributed by atoms with Crippen LogP contribution < -0.4 is 4.74 Å². The fourth-order valence-corrected chi connectivity index (χ4v) is 5.05. The van der Waals surface area contributed by atoms with Crippen molar-refractivity contribution < 1.29 is 23.9 Å². The van der Waals surface area contributed by atoms with E-state index < -0.39 is 11.1 Å². The Kier molecular flexibility index (Phi) is 7.83. The van der Waals surface area contributed by atoms with Crippen LogP contribution >= 0.6 is 35.0 Å². The van der Waals surface area contributed by atoms with Gasteiger partial charge < -0.3 is 14.4 Å². The van der Waals surface area contributed by atoms with Crippen molar-refractivity contribution in [2.24, 2.45) is 0 Å². The Balaban J connectivity index is 1.45. The van der Waals surface area contributed by atoms with Gasteiger partial charge in [0, 0.05) is 13.1 Å². The number of aryl methyl sites for hydroxylation is 1. The zero-order valence-electron chi connectivity index (χ0n) is 18.4. The van der Waals surface area contributed by atoms with Crippen LogP contribution in [0.1, 0.15) is 16.7 Å². The molecule has 2 aliphatic heterocycles. The van der Waals surface area contributed by atoms with Gasteiger partial charge in [0.25, 0.3) is 11.1 Å². The molecule has 2 aromatic rings. The van der Waals surface area contributed by atoms with Crippen LogP contribution in [0.5, 0.6) is 5.75 Å². The van der Waals surface area contributed by atoms with Crippen molar-refractivity contribution in [3.05, 3.63) is 68.0 Å². The molecule has 0 unspecified atom stereocenters. The number of hydrogen-bond donors (Lipinski definition) is 0. The highest BCUT2D eigenvalue weighted by Gasteiger charge is 2.37. The van der Waals surface area contributed by atoms with Crippen molar-refractivity contribution in [1.82, 2.24) is 9.80 Å². The van der Waals surface area contributed by atoms with Gasteiger partial charge in [-0.25, -0.2) is 0 Å². The van der Waals surface area contributed by atoms with Crippen LogP contribution in [-0.2, 0) is 20.9 Å². The van der Waals surface area contributed by atoms with Gasteiger partial charge in [0.15, 0.2) is 5.75 Å². The lowest BCUT2D eigenvalue weighted by Crippen LogP contribution is -2.46. The number of thioether (sulfide) groups is 1. The van der Waals surface area contributed by atoms with Crippen molar-refractivity contribution in [2.45, 2.75) is 13.5 Å². The van der Waals surface area contributed by atoms with Crippen molar-refractivity contribution in [3.8, 4) is 5.75 Å². The summed E-state index contributed by atoms with van der Waals surface area (Å²) in [6.45, 7) is 3.78. The third-order valence-electron chi connectivity index (χ3n) is 5.31. The fraction of sp³-hybridized carbons (Fsp3) is 0.292. The normalized spacial score (nSPS) is 17.6. The quantitative estimate of drug-likeness (QED) is 0.510. The Morgan fingerprint density at radius 2 is 1.85 bits per heavy atom. The van der Waals surface area contributed by atoms with Crippen LogP contribution in [-0.4, -0.2) is 59.7 Å². The molecule has 2 heterocycles. The predicted molar refractivity (Wildman–Crippen MR) is 132 cm³/mol. The Labute approximate surface area is 211 Å². The first-order valence-electron chi connectivity index (χ1n) is 10.6. The lowest BCUT2D eigenvalue weighted by molar-refractivity contribution is -0.139. The molecule has 0 radical (unpaired) electrons. The molecule has 0 aromatic heterocycles. The van der Waals surface area contributed by atoms with Gasteiger partial charge >= 0.3 is 0 Å². The fourth-order valence-electron chi connectivity index (χ4n) is 3.59. The molecule has 2 aromatic carbocycles. The van der Waals surface area contributed by atoms with Gasteiger partial charge in [0.1, 0.15) is 13.2 Å². The summed E-state index contributed by atoms with van der Waals surface area (Å²) in [7, 11) is 0. The molecular weight excluding hydrogens is 499 g/mol. The zero-order valence-corrected chi connectivity index (χ0v) is 20.7. The number of carbonyl (C=O) groups excluding carboxylic acids is 3. The number of morpholine rings is 1. The summed E-state index contributed by atoms with van der Waals surface area (Å²) in [5.74, 6) is -0.470. The van der Waals surface area contributed by atoms with Gasteiger partial charge in [-0.3, -0.25) is 19.3 Å². The largest absolute Gasteiger partial charge is 0.486 e. The Hall–Kier alpha value is -2.52. The van der Waals surface area contributed by atoms with Gasteiger partial charge in [-0.1, -0.05) is 53.0 Å². The maximum absolute atomic E-state index is 12.8. The van der Waals surface area contributed by atoms with E-state index in [0.717, 1.165) is 27.8 Å². The highest BCUT2D eigenvalue weighted by molar-refractivity contribution is 8.18. The van der Waals surface area contributed by atoms with Gasteiger partial charge in [0.05, 0.1) is 28.2 Å². The first-order chi connectivity index (χ1) is 16.3. The molecule has 0 aliphatic carbocycles. The van der Waals surface area contributed by atoms with Crippen molar-refractivity contribution in [3.63, 3.8) is 0 Å². The van der Waals surface area contributed by atoms with Crippen molar-refractivity contribution in [2.75, 3.05) is 32.8 Å². The van der Waals surface area contributed by atoms with E-state index >= 15 is 0 Å². The minimum Gasteiger partial charge on any atom is -0.486 e. The van der Waals surface area contributed by atoms with E-state index in [1.54, 1.807) is 17.0 Å². The number of imide groups is 1. The van der Waals surface area contributed by atoms with Gasteiger partial charge in [0.2, 0.25) is 5.91 Å². The number of rotatable bonds is 6. The number of carbonyl (C=O) groups is 3. The lowest BCUT2D eigenvalue weighted by atomic mass is 10.1. The predicted octanol–water partition coefficient (Wildman–Crippen LogP) is 4.78. The van der Waals surface area contributed by atoms with Crippen molar-refractivity contribution in [1.29, 1.82) is 0 Å². The number of ether oxygens (including phenoxy) is 2. The van der Waals surface area contributed by atoms with E-state index in [0.29, 0.717) is 44.2 Å². The second-order valence-corrected chi connectivity index (χ2v) is 9.66. The van der Waals surface area contributed by atoms with E-state index in [4.69, 9.17) is 32.7 Å². The molecule has 0 N–H and O–H groups in total. The molecule has 34 heavy (non-hydrogen) atoms. The highest BCUT2D eigenvalue weighted by Crippen LogP contribution is 2.37. The molecule has 4 rings (SSSR count).